The van der Waals surface area contributed by atoms with Gasteiger partial charge in [0.15, 0.2) is 6.61 Å². The molecule has 0 aliphatic rings. The normalized spacial score (nSPS) is 10.7. The lowest BCUT2D eigenvalue weighted by Gasteiger charge is -2.24. The second kappa shape index (κ2) is 11.4. The molecule has 1 aromatic heterocycles. The molecule has 5 nitrogen and oxygen atoms in total. The van der Waals surface area contributed by atoms with E-state index >= 15 is 0 Å². The molecule has 6 heteroatoms. The number of amides is 1. The fraction of sp³-hybridized carbons (Fsp3) is 0.292. The summed E-state index contributed by atoms with van der Waals surface area (Å²) in [6.45, 7) is 2.48. The maximum Gasteiger partial charge on any atom is 0.260 e. The van der Waals surface area contributed by atoms with E-state index in [1.807, 2.05) is 35.4 Å². The lowest BCUT2D eigenvalue weighted by Crippen LogP contribution is -2.36. The second-order valence-corrected chi connectivity index (χ2v) is 7.45. The van der Waals surface area contributed by atoms with Crippen molar-refractivity contribution in [2.75, 3.05) is 26.9 Å². The molecule has 1 amide bonds. The van der Waals surface area contributed by atoms with Crippen molar-refractivity contribution < 1.29 is 14.3 Å². The maximum atomic E-state index is 12.9. The first kappa shape index (κ1) is 21.9. The number of methoxy groups -OCH3 is 1. The van der Waals surface area contributed by atoms with Crippen LogP contribution in [0.2, 0.25) is 5.02 Å². The van der Waals surface area contributed by atoms with Crippen molar-refractivity contribution in [3.05, 3.63) is 89.2 Å². The zero-order valence-electron chi connectivity index (χ0n) is 17.2. The SMILES string of the molecule is COCCCN(Cc1cccn1Cc1ccccc1)C(=O)COc1ccc(Cl)cc1. The zero-order chi connectivity index (χ0) is 21.2. The van der Waals surface area contributed by atoms with Crippen LogP contribution in [-0.2, 0) is 22.6 Å². The van der Waals surface area contributed by atoms with Gasteiger partial charge in [-0.15, -0.1) is 0 Å². The predicted octanol–water partition coefficient (Wildman–Crippen LogP) is 4.63. The first-order chi connectivity index (χ1) is 14.7. The molecule has 0 fully saturated rings. The van der Waals surface area contributed by atoms with Crippen molar-refractivity contribution in [1.29, 1.82) is 0 Å². The molecule has 0 unspecified atom stereocenters. The summed E-state index contributed by atoms with van der Waals surface area (Å²) in [5.74, 6) is 0.561. The van der Waals surface area contributed by atoms with Gasteiger partial charge in [0.05, 0.1) is 6.54 Å². The van der Waals surface area contributed by atoms with Crippen LogP contribution < -0.4 is 4.74 Å². The summed E-state index contributed by atoms with van der Waals surface area (Å²) in [5.41, 5.74) is 2.30. The molecule has 0 saturated heterocycles. The Labute approximate surface area is 182 Å². The molecule has 0 spiro atoms. The van der Waals surface area contributed by atoms with Gasteiger partial charge in [-0.3, -0.25) is 4.79 Å². The van der Waals surface area contributed by atoms with Gasteiger partial charge in [-0.1, -0.05) is 41.9 Å². The van der Waals surface area contributed by atoms with Crippen LogP contribution in [0.15, 0.2) is 72.9 Å². The molecule has 158 valence electrons. The zero-order valence-corrected chi connectivity index (χ0v) is 17.9. The van der Waals surface area contributed by atoms with E-state index < -0.39 is 0 Å². The van der Waals surface area contributed by atoms with Crippen molar-refractivity contribution in [3.8, 4) is 5.75 Å². The highest BCUT2D eigenvalue weighted by molar-refractivity contribution is 6.30. The molecule has 0 bridgehead atoms. The Hall–Kier alpha value is -2.76. The quantitative estimate of drug-likeness (QED) is 0.420. The Morgan fingerprint density at radius 2 is 1.80 bits per heavy atom. The van der Waals surface area contributed by atoms with E-state index in [4.69, 9.17) is 21.1 Å². The van der Waals surface area contributed by atoms with Gasteiger partial charge in [0.2, 0.25) is 0 Å². The minimum atomic E-state index is -0.0616. The van der Waals surface area contributed by atoms with E-state index in [0.29, 0.717) is 30.5 Å². The number of carbonyl (C=O) groups excluding carboxylic acids is 1. The van der Waals surface area contributed by atoms with Gasteiger partial charge in [0.25, 0.3) is 5.91 Å². The minimum absolute atomic E-state index is 0.0198. The van der Waals surface area contributed by atoms with Gasteiger partial charge < -0.3 is 18.9 Å². The van der Waals surface area contributed by atoms with Gasteiger partial charge in [-0.05, 0) is 48.4 Å². The van der Waals surface area contributed by atoms with Gasteiger partial charge >= 0.3 is 0 Å². The van der Waals surface area contributed by atoms with Gasteiger partial charge in [-0.25, -0.2) is 0 Å². The van der Waals surface area contributed by atoms with Crippen LogP contribution in [-0.4, -0.2) is 42.2 Å². The average Bonchev–Trinajstić information content (AvgIpc) is 3.20. The highest BCUT2D eigenvalue weighted by atomic mass is 35.5. The fourth-order valence-corrected chi connectivity index (χ4v) is 3.31. The minimum Gasteiger partial charge on any atom is -0.484 e. The van der Waals surface area contributed by atoms with E-state index in [1.54, 1.807) is 31.4 Å². The summed E-state index contributed by atoms with van der Waals surface area (Å²) in [4.78, 5) is 14.7. The Bertz CT molecular complexity index is 910. The van der Waals surface area contributed by atoms with E-state index in [1.165, 1.54) is 5.56 Å². The van der Waals surface area contributed by atoms with Crippen LogP contribution in [0.25, 0.3) is 0 Å². The molecule has 0 saturated carbocycles. The molecule has 0 aliphatic carbocycles. The third-order valence-electron chi connectivity index (χ3n) is 4.78. The van der Waals surface area contributed by atoms with Crippen LogP contribution in [0.3, 0.4) is 0 Å². The van der Waals surface area contributed by atoms with Crippen molar-refractivity contribution in [2.24, 2.45) is 0 Å². The topological polar surface area (TPSA) is 43.7 Å². The smallest absolute Gasteiger partial charge is 0.260 e. The number of aromatic nitrogens is 1. The third-order valence-corrected chi connectivity index (χ3v) is 5.03. The molecule has 2 aromatic carbocycles. The van der Waals surface area contributed by atoms with Crippen LogP contribution in [0.1, 0.15) is 17.7 Å². The Morgan fingerprint density at radius 1 is 1.03 bits per heavy atom. The van der Waals surface area contributed by atoms with Crippen LogP contribution in [0.4, 0.5) is 0 Å². The molecule has 0 aliphatic heterocycles. The first-order valence-corrected chi connectivity index (χ1v) is 10.4. The van der Waals surface area contributed by atoms with Crippen molar-refractivity contribution in [1.82, 2.24) is 9.47 Å². The van der Waals surface area contributed by atoms with E-state index in [-0.39, 0.29) is 12.5 Å². The van der Waals surface area contributed by atoms with Crippen LogP contribution in [0, 0.1) is 0 Å². The number of carbonyl (C=O) groups is 1. The van der Waals surface area contributed by atoms with Crippen LogP contribution in [0.5, 0.6) is 5.75 Å². The lowest BCUT2D eigenvalue weighted by molar-refractivity contribution is -0.134. The average molecular weight is 427 g/mol. The van der Waals surface area contributed by atoms with Crippen molar-refractivity contribution in [2.45, 2.75) is 19.5 Å². The van der Waals surface area contributed by atoms with Gasteiger partial charge in [-0.2, -0.15) is 0 Å². The largest absolute Gasteiger partial charge is 0.484 e. The lowest BCUT2D eigenvalue weighted by atomic mass is 10.2. The third kappa shape index (κ3) is 6.65. The number of ether oxygens (including phenoxy) is 2. The number of hydrogen-bond acceptors (Lipinski definition) is 3. The van der Waals surface area contributed by atoms with E-state index in [2.05, 4.69) is 22.8 Å². The Morgan fingerprint density at radius 3 is 2.53 bits per heavy atom. The molecule has 0 radical (unpaired) electrons. The van der Waals surface area contributed by atoms with Gasteiger partial charge in [0, 0.05) is 43.7 Å². The first-order valence-electron chi connectivity index (χ1n) is 9.98. The molecule has 30 heavy (non-hydrogen) atoms. The summed E-state index contributed by atoms with van der Waals surface area (Å²) in [6.07, 6.45) is 2.81. The number of halogens is 1. The standard InChI is InChI=1S/C24H27ClN2O3/c1-29-16-6-15-27(24(28)19-30-23-12-10-21(25)11-13-23)18-22-9-5-14-26(22)17-20-7-3-2-4-8-20/h2-5,7-14H,6,15-19H2,1H3. The molecule has 3 rings (SSSR count). The van der Waals surface area contributed by atoms with E-state index in [0.717, 1.165) is 18.7 Å². The molecule has 3 aromatic rings. The summed E-state index contributed by atoms with van der Waals surface area (Å²) >= 11 is 5.90. The summed E-state index contributed by atoms with van der Waals surface area (Å²) in [7, 11) is 1.67. The molecular formula is C24H27ClN2O3. The predicted molar refractivity (Wildman–Crippen MR) is 119 cm³/mol. The summed E-state index contributed by atoms with van der Waals surface area (Å²) < 4.78 is 13.0. The van der Waals surface area contributed by atoms with E-state index in [9.17, 15) is 4.79 Å². The molecule has 1 heterocycles. The number of rotatable bonds is 11. The molecular weight excluding hydrogens is 400 g/mol. The molecule has 0 N–H and O–H groups in total. The highest BCUT2D eigenvalue weighted by Gasteiger charge is 2.16. The second-order valence-electron chi connectivity index (χ2n) is 7.02. The maximum absolute atomic E-state index is 12.9. The Balaban J connectivity index is 1.65. The van der Waals surface area contributed by atoms with Crippen molar-refractivity contribution >= 4 is 17.5 Å². The molecule has 0 atom stereocenters. The Kier molecular flexibility index (Phi) is 8.36. The van der Waals surface area contributed by atoms with Crippen LogP contribution >= 0.6 is 11.6 Å². The summed E-state index contributed by atoms with van der Waals surface area (Å²) in [6, 6.07) is 21.4. The summed E-state index contributed by atoms with van der Waals surface area (Å²) in [5, 5.41) is 0.633. The monoisotopic (exact) mass is 426 g/mol. The fourth-order valence-electron chi connectivity index (χ4n) is 3.18. The van der Waals surface area contributed by atoms with Gasteiger partial charge in [0.1, 0.15) is 5.75 Å². The van der Waals surface area contributed by atoms with Crippen molar-refractivity contribution in [3.63, 3.8) is 0 Å². The number of hydrogen-bond donors (Lipinski definition) is 0. The highest BCUT2D eigenvalue weighted by Crippen LogP contribution is 2.16. The number of nitrogens with zero attached hydrogens (tertiary/aromatic N) is 2. The number of benzene rings is 2.